The standard InChI is InChI=1S/C14H19N3OS/c1-5-10(3)16-13(18)8-19-14-12(7-15)9(2)6-11(4)17-14/h6,10H,5,8H2,1-4H3,(H,16,18). The van der Waals surface area contributed by atoms with Crippen molar-refractivity contribution in [2.45, 2.75) is 45.2 Å². The van der Waals surface area contributed by atoms with Crippen LogP contribution in [0.5, 0.6) is 0 Å². The van der Waals surface area contributed by atoms with Crippen molar-refractivity contribution in [1.82, 2.24) is 10.3 Å². The summed E-state index contributed by atoms with van der Waals surface area (Å²) in [5.74, 6) is 0.263. The van der Waals surface area contributed by atoms with E-state index in [1.165, 1.54) is 11.8 Å². The van der Waals surface area contributed by atoms with Gasteiger partial charge in [0.1, 0.15) is 11.1 Å². The van der Waals surface area contributed by atoms with Crippen LogP contribution in [0.25, 0.3) is 0 Å². The van der Waals surface area contributed by atoms with E-state index in [-0.39, 0.29) is 17.7 Å². The van der Waals surface area contributed by atoms with E-state index >= 15 is 0 Å². The molecule has 0 fully saturated rings. The number of rotatable bonds is 5. The Hall–Kier alpha value is -1.54. The van der Waals surface area contributed by atoms with Gasteiger partial charge in [0, 0.05) is 11.7 Å². The molecule has 102 valence electrons. The molecule has 5 heteroatoms. The number of aromatic nitrogens is 1. The number of nitrogens with one attached hydrogen (secondary N) is 1. The predicted molar refractivity (Wildman–Crippen MR) is 77.0 cm³/mol. The number of hydrogen-bond donors (Lipinski definition) is 1. The Bertz CT molecular complexity index is 508. The summed E-state index contributed by atoms with van der Waals surface area (Å²) in [5, 5.41) is 12.7. The SMILES string of the molecule is CCC(C)NC(=O)CSc1nc(C)cc(C)c1C#N. The molecule has 4 nitrogen and oxygen atoms in total. The minimum atomic E-state index is -0.0239. The van der Waals surface area contributed by atoms with E-state index in [1.54, 1.807) is 0 Å². The zero-order valence-corrected chi connectivity index (χ0v) is 12.6. The number of nitrogens with zero attached hydrogens (tertiary/aromatic N) is 2. The number of carbonyl (C=O) groups is 1. The van der Waals surface area contributed by atoms with Gasteiger partial charge in [-0.3, -0.25) is 4.79 Å². The molecule has 1 aromatic rings. The van der Waals surface area contributed by atoms with Crippen LogP contribution in [0.2, 0.25) is 0 Å². The first-order chi connectivity index (χ1) is 8.97. The molecule has 0 saturated carbocycles. The van der Waals surface area contributed by atoms with Gasteiger partial charge >= 0.3 is 0 Å². The monoisotopic (exact) mass is 277 g/mol. The molecule has 1 N–H and O–H groups in total. The molecule has 1 unspecified atom stereocenters. The van der Waals surface area contributed by atoms with Gasteiger partial charge in [-0.05, 0) is 38.8 Å². The molecule has 1 heterocycles. The van der Waals surface area contributed by atoms with Crippen LogP contribution in [-0.4, -0.2) is 22.7 Å². The maximum absolute atomic E-state index is 11.7. The molecule has 0 radical (unpaired) electrons. The van der Waals surface area contributed by atoms with Gasteiger partial charge < -0.3 is 5.32 Å². The molecule has 1 rings (SSSR count). The van der Waals surface area contributed by atoms with Gasteiger partial charge in [0.05, 0.1) is 11.3 Å². The number of pyridine rings is 1. The van der Waals surface area contributed by atoms with Crippen molar-refractivity contribution in [2.24, 2.45) is 0 Å². The van der Waals surface area contributed by atoms with Gasteiger partial charge in [0.25, 0.3) is 0 Å². The summed E-state index contributed by atoms with van der Waals surface area (Å²) in [6.45, 7) is 7.77. The van der Waals surface area contributed by atoms with Crippen molar-refractivity contribution in [1.29, 1.82) is 5.26 Å². The highest BCUT2D eigenvalue weighted by molar-refractivity contribution is 8.00. The Labute approximate surface area is 118 Å². The maximum Gasteiger partial charge on any atom is 0.230 e. The van der Waals surface area contributed by atoms with Crippen molar-refractivity contribution >= 4 is 17.7 Å². The second-order valence-corrected chi connectivity index (χ2v) is 5.50. The van der Waals surface area contributed by atoms with Gasteiger partial charge in [-0.25, -0.2) is 4.98 Å². The van der Waals surface area contributed by atoms with E-state index in [0.29, 0.717) is 10.6 Å². The Morgan fingerprint density at radius 2 is 2.26 bits per heavy atom. The normalized spacial score (nSPS) is 11.7. The van der Waals surface area contributed by atoms with Crippen LogP contribution in [0.4, 0.5) is 0 Å². The zero-order chi connectivity index (χ0) is 14.4. The van der Waals surface area contributed by atoms with Crippen LogP contribution in [0, 0.1) is 25.2 Å². The summed E-state index contributed by atoms with van der Waals surface area (Å²) in [4.78, 5) is 16.0. The Balaban J connectivity index is 2.73. The van der Waals surface area contributed by atoms with E-state index in [1.807, 2.05) is 33.8 Å². The van der Waals surface area contributed by atoms with Gasteiger partial charge in [0.2, 0.25) is 5.91 Å². The van der Waals surface area contributed by atoms with Crippen LogP contribution >= 0.6 is 11.8 Å². The average molecular weight is 277 g/mol. The number of carbonyl (C=O) groups excluding carboxylic acids is 1. The maximum atomic E-state index is 11.7. The van der Waals surface area contributed by atoms with Gasteiger partial charge in [-0.15, -0.1) is 0 Å². The molecular formula is C14H19N3OS. The molecule has 0 aliphatic carbocycles. The molecule has 0 saturated heterocycles. The zero-order valence-electron chi connectivity index (χ0n) is 11.8. The molecule has 0 spiro atoms. The third-order valence-electron chi connectivity index (χ3n) is 2.78. The highest BCUT2D eigenvalue weighted by atomic mass is 32.2. The highest BCUT2D eigenvalue weighted by Crippen LogP contribution is 2.23. The minimum Gasteiger partial charge on any atom is -0.353 e. The first-order valence-corrected chi connectivity index (χ1v) is 7.27. The van der Waals surface area contributed by atoms with Crippen LogP contribution in [0.3, 0.4) is 0 Å². The van der Waals surface area contributed by atoms with E-state index in [4.69, 9.17) is 5.26 Å². The van der Waals surface area contributed by atoms with Crippen molar-refractivity contribution in [3.05, 3.63) is 22.9 Å². The Morgan fingerprint density at radius 1 is 1.58 bits per heavy atom. The number of nitriles is 1. The summed E-state index contributed by atoms with van der Waals surface area (Å²) in [6, 6.07) is 4.21. The lowest BCUT2D eigenvalue weighted by atomic mass is 10.1. The summed E-state index contributed by atoms with van der Waals surface area (Å²) < 4.78 is 0. The fourth-order valence-corrected chi connectivity index (χ4v) is 2.51. The quantitative estimate of drug-likeness (QED) is 0.840. The Kier molecular flexibility index (Phi) is 5.84. The van der Waals surface area contributed by atoms with E-state index in [2.05, 4.69) is 16.4 Å². The summed E-state index contributed by atoms with van der Waals surface area (Å²) in [7, 11) is 0. The molecule has 19 heavy (non-hydrogen) atoms. The minimum absolute atomic E-state index is 0.0239. The van der Waals surface area contributed by atoms with Gasteiger partial charge in [0.15, 0.2) is 0 Å². The fraction of sp³-hybridized carbons (Fsp3) is 0.500. The summed E-state index contributed by atoms with van der Waals surface area (Å²) in [6.07, 6.45) is 0.904. The second kappa shape index (κ2) is 7.15. The number of thioether (sulfide) groups is 1. The van der Waals surface area contributed by atoms with Gasteiger partial charge in [-0.1, -0.05) is 18.7 Å². The van der Waals surface area contributed by atoms with Crippen molar-refractivity contribution in [3.63, 3.8) is 0 Å². The lowest BCUT2D eigenvalue weighted by Crippen LogP contribution is -2.33. The predicted octanol–water partition coefficient (Wildman–Crippen LogP) is 2.58. The first kappa shape index (κ1) is 15.5. The van der Waals surface area contributed by atoms with Crippen molar-refractivity contribution in [2.75, 3.05) is 5.75 Å². The Morgan fingerprint density at radius 3 is 2.84 bits per heavy atom. The average Bonchev–Trinajstić information content (AvgIpc) is 2.35. The molecule has 0 bridgehead atoms. The third kappa shape index (κ3) is 4.56. The van der Waals surface area contributed by atoms with Crippen molar-refractivity contribution < 1.29 is 4.79 Å². The summed E-state index contributed by atoms with van der Waals surface area (Å²) in [5.41, 5.74) is 2.33. The molecular weight excluding hydrogens is 258 g/mol. The smallest absolute Gasteiger partial charge is 0.230 e. The van der Waals surface area contributed by atoms with Crippen LogP contribution in [-0.2, 0) is 4.79 Å². The summed E-state index contributed by atoms with van der Waals surface area (Å²) >= 11 is 1.31. The molecule has 0 aliphatic heterocycles. The van der Waals surface area contributed by atoms with E-state index in [0.717, 1.165) is 17.7 Å². The second-order valence-electron chi connectivity index (χ2n) is 4.54. The molecule has 1 atom stereocenters. The lowest BCUT2D eigenvalue weighted by molar-refractivity contribution is -0.119. The van der Waals surface area contributed by atoms with Gasteiger partial charge in [-0.2, -0.15) is 5.26 Å². The fourth-order valence-electron chi connectivity index (χ4n) is 1.60. The molecule has 1 aromatic heterocycles. The lowest BCUT2D eigenvalue weighted by Gasteiger charge is -2.11. The van der Waals surface area contributed by atoms with Crippen LogP contribution < -0.4 is 5.32 Å². The molecule has 1 amide bonds. The first-order valence-electron chi connectivity index (χ1n) is 6.28. The topological polar surface area (TPSA) is 65.8 Å². The van der Waals surface area contributed by atoms with E-state index in [9.17, 15) is 4.79 Å². The van der Waals surface area contributed by atoms with Crippen molar-refractivity contribution in [3.8, 4) is 6.07 Å². The third-order valence-corrected chi connectivity index (χ3v) is 3.76. The number of hydrogen-bond acceptors (Lipinski definition) is 4. The highest BCUT2D eigenvalue weighted by Gasteiger charge is 2.12. The molecule has 0 aliphatic rings. The number of aryl methyl sites for hydroxylation is 2. The van der Waals surface area contributed by atoms with Crippen LogP contribution in [0.1, 0.15) is 37.1 Å². The molecule has 0 aromatic carbocycles. The largest absolute Gasteiger partial charge is 0.353 e. The van der Waals surface area contributed by atoms with Crippen LogP contribution in [0.15, 0.2) is 11.1 Å². The van der Waals surface area contributed by atoms with E-state index < -0.39 is 0 Å². The number of amides is 1.